The number of nitrogens with two attached hydrogens (primary N) is 1. The maximum Gasteiger partial charge on any atom is 0.0537 e. The highest BCUT2D eigenvalue weighted by Gasteiger charge is 2.19. The minimum absolute atomic E-state index is 0.734. The summed E-state index contributed by atoms with van der Waals surface area (Å²) in [6, 6.07) is 4.43. The number of rotatable bonds is 2. The first-order valence-electron chi connectivity index (χ1n) is 5.42. The molecule has 1 aromatic rings. The molecule has 15 heavy (non-hydrogen) atoms. The van der Waals surface area contributed by atoms with Crippen molar-refractivity contribution in [3.63, 3.8) is 0 Å². The fraction of sp³-hybridized carbons (Fsp3) is 0.500. The SMILES string of the molecule is Cc1ccc(C)c2c1SCCN2CCN. The fourth-order valence-electron chi connectivity index (χ4n) is 2.09. The second-order valence-corrected chi connectivity index (χ2v) is 5.11. The van der Waals surface area contributed by atoms with Crippen molar-refractivity contribution < 1.29 is 0 Å². The number of hydrogen-bond acceptors (Lipinski definition) is 3. The summed E-state index contributed by atoms with van der Waals surface area (Å²) < 4.78 is 0. The van der Waals surface area contributed by atoms with Crippen LogP contribution in [0.25, 0.3) is 0 Å². The number of nitrogens with zero attached hydrogens (tertiary/aromatic N) is 1. The Bertz CT molecular complexity index is 363. The molecule has 1 aromatic carbocycles. The predicted molar refractivity (Wildman–Crippen MR) is 67.9 cm³/mol. The first kappa shape index (κ1) is 10.8. The van der Waals surface area contributed by atoms with E-state index in [4.69, 9.17) is 5.73 Å². The quantitative estimate of drug-likeness (QED) is 0.831. The molecule has 0 saturated heterocycles. The van der Waals surface area contributed by atoms with Gasteiger partial charge in [-0.1, -0.05) is 12.1 Å². The molecule has 0 fully saturated rings. The second kappa shape index (κ2) is 4.45. The third-order valence-electron chi connectivity index (χ3n) is 2.85. The van der Waals surface area contributed by atoms with Crippen molar-refractivity contribution in [2.75, 3.05) is 30.3 Å². The van der Waals surface area contributed by atoms with Gasteiger partial charge in [0, 0.05) is 30.3 Å². The van der Waals surface area contributed by atoms with Gasteiger partial charge in [0.15, 0.2) is 0 Å². The Labute approximate surface area is 95.8 Å². The number of benzene rings is 1. The van der Waals surface area contributed by atoms with E-state index in [2.05, 4.69) is 30.9 Å². The van der Waals surface area contributed by atoms with Crippen LogP contribution in [0.2, 0.25) is 0 Å². The Kier molecular flexibility index (Phi) is 3.22. The topological polar surface area (TPSA) is 29.3 Å². The normalized spacial score (nSPS) is 15.3. The van der Waals surface area contributed by atoms with Gasteiger partial charge in [0.2, 0.25) is 0 Å². The molecule has 1 aliphatic heterocycles. The predicted octanol–water partition coefficient (Wildman–Crippen LogP) is 2.17. The van der Waals surface area contributed by atoms with Crippen LogP contribution in [0, 0.1) is 13.8 Å². The molecule has 2 rings (SSSR count). The number of thioether (sulfide) groups is 1. The van der Waals surface area contributed by atoms with Gasteiger partial charge < -0.3 is 10.6 Å². The van der Waals surface area contributed by atoms with Crippen LogP contribution >= 0.6 is 11.8 Å². The largest absolute Gasteiger partial charge is 0.368 e. The van der Waals surface area contributed by atoms with Gasteiger partial charge >= 0.3 is 0 Å². The van der Waals surface area contributed by atoms with E-state index < -0.39 is 0 Å². The first-order valence-corrected chi connectivity index (χ1v) is 6.40. The zero-order valence-electron chi connectivity index (χ0n) is 9.42. The summed E-state index contributed by atoms with van der Waals surface area (Å²) in [5.74, 6) is 1.18. The Morgan fingerprint density at radius 2 is 2.07 bits per heavy atom. The van der Waals surface area contributed by atoms with Crippen molar-refractivity contribution in [2.45, 2.75) is 18.7 Å². The standard InChI is InChI=1S/C12H18N2S/c1-9-3-4-10(2)12-11(9)14(6-5-13)7-8-15-12/h3-4H,5-8,13H2,1-2H3. The van der Waals surface area contributed by atoms with Gasteiger partial charge in [-0.2, -0.15) is 0 Å². The molecule has 0 aromatic heterocycles. The molecule has 0 atom stereocenters. The van der Waals surface area contributed by atoms with Gasteiger partial charge in [0.1, 0.15) is 0 Å². The molecule has 0 radical (unpaired) electrons. The smallest absolute Gasteiger partial charge is 0.0537 e. The number of anilines is 1. The lowest BCUT2D eigenvalue weighted by molar-refractivity contribution is 0.799. The van der Waals surface area contributed by atoms with Crippen molar-refractivity contribution in [3.05, 3.63) is 23.3 Å². The minimum atomic E-state index is 0.734. The van der Waals surface area contributed by atoms with Crippen LogP contribution in [0.4, 0.5) is 5.69 Å². The van der Waals surface area contributed by atoms with Gasteiger partial charge in [-0.3, -0.25) is 0 Å². The maximum atomic E-state index is 5.66. The maximum absolute atomic E-state index is 5.66. The first-order chi connectivity index (χ1) is 7.24. The van der Waals surface area contributed by atoms with E-state index >= 15 is 0 Å². The highest BCUT2D eigenvalue weighted by Crippen LogP contribution is 2.39. The van der Waals surface area contributed by atoms with E-state index in [1.165, 1.54) is 27.5 Å². The van der Waals surface area contributed by atoms with Crippen LogP contribution in [-0.4, -0.2) is 25.4 Å². The molecule has 2 nitrogen and oxygen atoms in total. The van der Waals surface area contributed by atoms with Crippen molar-refractivity contribution in [3.8, 4) is 0 Å². The molecule has 82 valence electrons. The van der Waals surface area contributed by atoms with Gasteiger partial charge in [0.25, 0.3) is 0 Å². The molecule has 1 heterocycles. The monoisotopic (exact) mass is 222 g/mol. The Hall–Kier alpha value is -0.670. The van der Waals surface area contributed by atoms with Crippen LogP contribution in [0.3, 0.4) is 0 Å². The molecule has 0 bridgehead atoms. The van der Waals surface area contributed by atoms with Crippen LogP contribution in [0.1, 0.15) is 11.1 Å². The lowest BCUT2D eigenvalue weighted by Gasteiger charge is -2.33. The van der Waals surface area contributed by atoms with E-state index in [-0.39, 0.29) is 0 Å². The molecule has 0 saturated carbocycles. The van der Waals surface area contributed by atoms with Crippen LogP contribution in [0.15, 0.2) is 17.0 Å². The van der Waals surface area contributed by atoms with Crippen LogP contribution in [0.5, 0.6) is 0 Å². The van der Waals surface area contributed by atoms with E-state index in [0.717, 1.165) is 19.6 Å². The molecular formula is C12H18N2S. The van der Waals surface area contributed by atoms with Gasteiger partial charge in [-0.25, -0.2) is 0 Å². The van der Waals surface area contributed by atoms with Gasteiger partial charge in [0.05, 0.1) is 5.69 Å². The van der Waals surface area contributed by atoms with Gasteiger partial charge in [-0.05, 0) is 25.0 Å². The van der Waals surface area contributed by atoms with Crippen LogP contribution in [-0.2, 0) is 0 Å². The summed E-state index contributed by atoms with van der Waals surface area (Å²) in [4.78, 5) is 3.88. The lowest BCUT2D eigenvalue weighted by atomic mass is 10.1. The average Bonchev–Trinajstić information content (AvgIpc) is 2.24. The van der Waals surface area contributed by atoms with E-state index in [1.807, 2.05) is 11.8 Å². The summed E-state index contributed by atoms with van der Waals surface area (Å²) in [5.41, 5.74) is 9.83. The zero-order valence-corrected chi connectivity index (χ0v) is 10.2. The van der Waals surface area contributed by atoms with Gasteiger partial charge in [-0.15, -0.1) is 11.8 Å². The van der Waals surface area contributed by atoms with Crippen molar-refractivity contribution in [2.24, 2.45) is 5.73 Å². The Morgan fingerprint density at radius 3 is 2.80 bits per heavy atom. The van der Waals surface area contributed by atoms with E-state index in [0.29, 0.717) is 0 Å². The third kappa shape index (κ3) is 1.99. The third-order valence-corrected chi connectivity index (χ3v) is 4.04. The van der Waals surface area contributed by atoms with E-state index in [1.54, 1.807) is 0 Å². The Balaban J connectivity index is 2.45. The number of fused-ring (bicyclic) bond motifs is 1. The summed E-state index contributed by atoms with van der Waals surface area (Å²) in [6.07, 6.45) is 0. The zero-order chi connectivity index (χ0) is 10.8. The summed E-state index contributed by atoms with van der Waals surface area (Å²) in [6.45, 7) is 7.21. The molecule has 0 amide bonds. The van der Waals surface area contributed by atoms with Crippen molar-refractivity contribution in [1.82, 2.24) is 0 Å². The van der Waals surface area contributed by atoms with Crippen molar-refractivity contribution in [1.29, 1.82) is 0 Å². The summed E-state index contributed by atoms with van der Waals surface area (Å²) in [5, 5.41) is 0. The highest BCUT2D eigenvalue weighted by molar-refractivity contribution is 7.99. The number of hydrogen-bond donors (Lipinski definition) is 1. The second-order valence-electron chi connectivity index (χ2n) is 4.00. The number of aryl methyl sites for hydroxylation is 2. The highest BCUT2D eigenvalue weighted by atomic mass is 32.2. The lowest BCUT2D eigenvalue weighted by Crippen LogP contribution is -2.34. The van der Waals surface area contributed by atoms with E-state index in [9.17, 15) is 0 Å². The molecule has 2 N–H and O–H groups in total. The molecule has 0 unspecified atom stereocenters. The fourth-order valence-corrected chi connectivity index (χ4v) is 3.33. The van der Waals surface area contributed by atoms with Crippen LogP contribution < -0.4 is 10.6 Å². The molecular weight excluding hydrogens is 204 g/mol. The minimum Gasteiger partial charge on any atom is -0.368 e. The Morgan fingerprint density at radius 1 is 1.33 bits per heavy atom. The molecule has 1 aliphatic rings. The summed E-state index contributed by atoms with van der Waals surface area (Å²) in [7, 11) is 0. The molecule has 0 spiro atoms. The average molecular weight is 222 g/mol. The molecule has 0 aliphatic carbocycles. The van der Waals surface area contributed by atoms with Crippen molar-refractivity contribution >= 4 is 17.4 Å². The molecule has 3 heteroatoms. The summed E-state index contributed by atoms with van der Waals surface area (Å²) >= 11 is 1.98.